The van der Waals surface area contributed by atoms with Crippen molar-refractivity contribution < 1.29 is 9.18 Å². The number of amides is 1. The average molecular weight is 301 g/mol. The van der Waals surface area contributed by atoms with E-state index in [9.17, 15) is 14.0 Å². The van der Waals surface area contributed by atoms with Crippen molar-refractivity contribution in [3.8, 4) is 0 Å². The van der Waals surface area contributed by atoms with E-state index in [-0.39, 0.29) is 17.2 Å². The second kappa shape index (κ2) is 5.40. The maximum absolute atomic E-state index is 13.6. The van der Waals surface area contributed by atoms with E-state index in [2.05, 4.69) is 20.4 Å². The van der Waals surface area contributed by atoms with Crippen molar-refractivity contribution in [2.24, 2.45) is 0 Å². The third-order valence-corrected chi connectivity index (χ3v) is 3.06. The molecule has 7 nitrogen and oxygen atoms in total. The number of aromatic amines is 1. The Kier molecular flexibility index (Phi) is 3.42. The number of aromatic nitrogens is 4. The molecule has 2 N–H and O–H groups in total. The number of aryl methyl sites for hydroxylation is 1. The van der Waals surface area contributed by atoms with E-state index in [0.717, 1.165) is 0 Å². The summed E-state index contributed by atoms with van der Waals surface area (Å²) in [6.45, 7) is 1.87. The highest BCUT2D eigenvalue weighted by atomic mass is 19.1. The van der Waals surface area contributed by atoms with E-state index in [1.807, 2.05) is 6.92 Å². The largest absolute Gasteiger partial charge is 0.306 e. The number of carbonyl (C=O) groups excluding carboxylic acids is 1. The van der Waals surface area contributed by atoms with Crippen LogP contribution in [0.4, 0.5) is 10.2 Å². The van der Waals surface area contributed by atoms with Gasteiger partial charge in [0.15, 0.2) is 5.82 Å². The molecule has 0 aliphatic carbocycles. The Hall–Kier alpha value is -3.03. The molecule has 0 unspecified atom stereocenters. The SMILES string of the molecule is CCc1nc2[nH]c(=O)cc(NC(=O)c3ccccc3F)n2n1. The summed E-state index contributed by atoms with van der Waals surface area (Å²) in [6.07, 6.45) is 0.574. The maximum atomic E-state index is 13.6. The van der Waals surface area contributed by atoms with Gasteiger partial charge in [-0.2, -0.15) is 9.50 Å². The summed E-state index contributed by atoms with van der Waals surface area (Å²) < 4.78 is 14.9. The van der Waals surface area contributed by atoms with Crippen LogP contribution in [0.3, 0.4) is 0 Å². The van der Waals surface area contributed by atoms with Crippen LogP contribution < -0.4 is 10.9 Å². The highest BCUT2D eigenvalue weighted by molar-refractivity contribution is 6.04. The summed E-state index contributed by atoms with van der Waals surface area (Å²) in [7, 11) is 0. The monoisotopic (exact) mass is 301 g/mol. The van der Waals surface area contributed by atoms with Gasteiger partial charge in [0.25, 0.3) is 11.5 Å². The van der Waals surface area contributed by atoms with Crippen LogP contribution >= 0.6 is 0 Å². The molecule has 0 saturated carbocycles. The van der Waals surface area contributed by atoms with E-state index >= 15 is 0 Å². The van der Waals surface area contributed by atoms with Crippen molar-refractivity contribution >= 4 is 17.5 Å². The van der Waals surface area contributed by atoms with Gasteiger partial charge in [-0.05, 0) is 12.1 Å². The Balaban J connectivity index is 2.03. The summed E-state index contributed by atoms with van der Waals surface area (Å²) in [4.78, 5) is 30.4. The van der Waals surface area contributed by atoms with Crippen LogP contribution in [0.1, 0.15) is 23.1 Å². The first-order valence-corrected chi connectivity index (χ1v) is 6.63. The summed E-state index contributed by atoms with van der Waals surface area (Å²) >= 11 is 0. The molecule has 1 aromatic carbocycles. The maximum Gasteiger partial charge on any atom is 0.259 e. The molecule has 22 heavy (non-hydrogen) atoms. The standard InChI is InChI=1S/C14H12FN5O2/c1-2-10-16-14-18-12(21)7-11(20(14)19-10)17-13(22)8-5-3-4-6-9(8)15/h3-7H,2H2,1H3,(H,17,22)(H,16,18,19,21). The summed E-state index contributed by atoms with van der Waals surface area (Å²) in [5.41, 5.74) is -0.557. The van der Waals surface area contributed by atoms with Crippen LogP contribution in [0.2, 0.25) is 0 Å². The highest BCUT2D eigenvalue weighted by Crippen LogP contribution is 2.11. The van der Waals surface area contributed by atoms with E-state index < -0.39 is 17.3 Å². The van der Waals surface area contributed by atoms with E-state index in [0.29, 0.717) is 12.2 Å². The molecule has 0 bridgehead atoms. The molecule has 0 spiro atoms. The molecular weight excluding hydrogens is 289 g/mol. The lowest BCUT2D eigenvalue weighted by Gasteiger charge is -2.06. The number of halogens is 1. The van der Waals surface area contributed by atoms with Gasteiger partial charge >= 0.3 is 0 Å². The first-order valence-electron chi connectivity index (χ1n) is 6.63. The molecule has 0 fully saturated rings. The molecule has 2 aromatic heterocycles. The van der Waals surface area contributed by atoms with Gasteiger partial charge in [0.05, 0.1) is 5.56 Å². The summed E-state index contributed by atoms with van der Waals surface area (Å²) in [5, 5.41) is 6.65. The van der Waals surface area contributed by atoms with Crippen molar-refractivity contribution in [3.05, 3.63) is 57.9 Å². The Morgan fingerprint density at radius 3 is 2.91 bits per heavy atom. The van der Waals surface area contributed by atoms with Gasteiger partial charge in [0.1, 0.15) is 11.6 Å². The fourth-order valence-corrected chi connectivity index (χ4v) is 2.00. The van der Waals surface area contributed by atoms with E-state index in [1.165, 1.54) is 28.8 Å². The minimum atomic E-state index is -0.668. The topological polar surface area (TPSA) is 92.1 Å². The predicted molar refractivity (Wildman–Crippen MR) is 77.3 cm³/mol. The van der Waals surface area contributed by atoms with Crippen molar-refractivity contribution in [1.82, 2.24) is 19.6 Å². The van der Waals surface area contributed by atoms with E-state index in [1.54, 1.807) is 6.07 Å². The van der Waals surface area contributed by atoms with Crippen LogP contribution in [-0.2, 0) is 6.42 Å². The Morgan fingerprint density at radius 1 is 1.41 bits per heavy atom. The number of anilines is 1. The third kappa shape index (κ3) is 2.46. The number of hydrogen-bond donors (Lipinski definition) is 2. The number of rotatable bonds is 3. The molecule has 0 aliphatic rings. The molecule has 2 heterocycles. The highest BCUT2D eigenvalue weighted by Gasteiger charge is 2.14. The Morgan fingerprint density at radius 2 is 2.18 bits per heavy atom. The molecule has 3 aromatic rings. The van der Waals surface area contributed by atoms with Gasteiger partial charge in [-0.1, -0.05) is 19.1 Å². The van der Waals surface area contributed by atoms with Gasteiger partial charge in [-0.25, -0.2) is 4.39 Å². The number of benzene rings is 1. The van der Waals surface area contributed by atoms with Crippen molar-refractivity contribution in [2.75, 3.05) is 5.32 Å². The lowest BCUT2D eigenvalue weighted by molar-refractivity contribution is 0.102. The first-order chi connectivity index (χ1) is 10.6. The number of hydrogen-bond acceptors (Lipinski definition) is 4. The number of nitrogens with zero attached hydrogens (tertiary/aromatic N) is 3. The number of fused-ring (bicyclic) bond motifs is 1. The molecule has 112 valence electrons. The predicted octanol–water partition coefficient (Wildman–Crippen LogP) is 1.37. The fraction of sp³-hybridized carbons (Fsp3) is 0.143. The molecule has 0 saturated heterocycles. The number of nitrogens with one attached hydrogen (secondary N) is 2. The molecule has 1 amide bonds. The van der Waals surface area contributed by atoms with Crippen LogP contribution in [-0.4, -0.2) is 25.5 Å². The molecule has 0 atom stereocenters. The minimum Gasteiger partial charge on any atom is -0.306 e. The molecular formula is C14H12FN5O2. The van der Waals surface area contributed by atoms with Crippen molar-refractivity contribution in [1.29, 1.82) is 0 Å². The van der Waals surface area contributed by atoms with Crippen LogP contribution in [0.15, 0.2) is 35.1 Å². The number of H-pyrrole nitrogens is 1. The van der Waals surface area contributed by atoms with Gasteiger partial charge < -0.3 is 5.32 Å². The molecule has 0 aliphatic heterocycles. The lowest BCUT2D eigenvalue weighted by Crippen LogP contribution is -2.19. The van der Waals surface area contributed by atoms with Gasteiger partial charge in [-0.3, -0.25) is 14.6 Å². The zero-order valence-corrected chi connectivity index (χ0v) is 11.6. The van der Waals surface area contributed by atoms with Crippen molar-refractivity contribution in [2.45, 2.75) is 13.3 Å². The van der Waals surface area contributed by atoms with Gasteiger partial charge in [-0.15, -0.1) is 5.10 Å². The van der Waals surface area contributed by atoms with Crippen LogP contribution in [0.5, 0.6) is 0 Å². The molecule has 0 radical (unpaired) electrons. The van der Waals surface area contributed by atoms with Crippen LogP contribution in [0.25, 0.3) is 5.78 Å². The smallest absolute Gasteiger partial charge is 0.259 e. The van der Waals surface area contributed by atoms with Gasteiger partial charge in [0, 0.05) is 12.5 Å². The summed E-state index contributed by atoms with van der Waals surface area (Å²) in [5.74, 6) is -0.455. The normalized spacial score (nSPS) is 10.8. The zero-order chi connectivity index (χ0) is 15.7. The third-order valence-electron chi connectivity index (χ3n) is 3.06. The first kappa shape index (κ1) is 13.9. The molecule has 8 heteroatoms. The number of carbonyl (C=O) groups is 1. The lowest BCUT2D eigenvalue weighted by atomic mass is 10.2. The average Bonchev–Trinajstić information content (AvgIpc) is 2.90. The quantitative estimate of drug-likeness (QED) is 0.764. The fourth-order valence-electron chi connectivity index (χ4n) is 2.00. The Bertz CT molecular complexity index is 915. The minimum absolute atomic E-state index is 0.119. The van der Waals surface area contributed by atoms with Crippen molar-refractivity contribution in [3.63, 3.8) is 0 Å². The summed E-state index contributed by atoms with van der Waals surface area (Å²) in [6, 6.07) is 6.75. The van der Waals surface area contributed by atoms with Crippen LogP contribution in [0, 0.1) is 5.82 Å². The van der Waals surface area contributed by atoms with Gasteiger partial charge in [0.2, 0.25) is 5.78 Å². The second-order valence-electron chi connectivity index (χ2n) is 4.57. The zero-order valence-electron chi connectivity index (χ0n) is 11.6. The Labute approximate surface area is 123 Å². The van der Waals surface area contributed by atoms with E-state index in [4.69, 9.17) is 0 Å². The second-order valence-corrected chi connectivity index (χ2v) is 4.57. The molecule has 3 rings (SSSR count).